The number of piperidine rings is 1. The molecule has 1 N–H and O–H groups in total. The van der Waals surface area contributed by atoms with E-state index in [0.29, 0.717) is 12.3 Å². The minimum Gasteiger partial charge on any atom is -0.497 e. The Kier molecular flexibility index (Phi) is 7.94. The largest absolute Gasteiger partial charge is 0.497 e. The molecule has 1 aliphatic rings. The number of likely N-dealkylation sites (tertiary alicyclic amines) is 1. The average Bonchev–Trinajstić information content (AvgIpc) is 2.79. The molecule has 1 fully saturated rings. The van der Waals surface area contributed by atoms with E-state index in [-0.39, 0.29) is 18.6 Å². The molecule has 0 aromatic heterocycles. The highest BCUT2D eigenvalue weighted by molar-refractivity contribution is 5.77. The maximum atomic E-state index is 12.4. The Labute approximate surface area is 174 Å². The van der Waals surface area contributed by atoms with Gasteiger partial charge in [0.05, 0.1) is 13.2 Å². The first-order valence-electron chi connectivity index (χ1n) is 10.6. The number of nitrogens with one attached hydrogen (secondary N) is 1. The zero-order valence-corrected chi connectivity index (χ0v) is 17.5. The van der Waals surface area contributed by atoms with Gasteiger partial charge in [-0.15, -0.1) is 0 Å². The van der Waals surface area contributed by atoms with Crippen LogP contribution in [0.5, 0.6) is 11.5 Å². The van der Waals surface area contributed by atoms with Crippen LogP contribution in [0.25, 0.3) is 0 Å². The molecule has 156 valence electrons. The minimum absolute atomic E-state index is 0.00776. The predicted molar refractivity (Wildman–Crippen MR) is 115 cm³/mol. The monoisotopic (exact) mass is 396 g/mol. The van der Waals surface area contributed by atoms with Crippen molar-refractivity contribution in [3.8, 4) is 11.5 Å². The second-order valence-electron chi connectivity index (χ2n) is 7.48. The van der Waals surface area contributed by atoms with Crippen molar-refractivity contribution in [2.24, 2.45) is 0 Å². The summed E-state index contributed by atoms with van der Waals surface area (Å²) in [7, 11) is 1.62. The highest BCUT2D eigenvalue weighted by Crippen LogP contribution is 2.25. The lowest BCUT2D eigenvalue weighted by molar-refractivity contribution is -0.123. The molecule has 1 atom stereocenters. The normalized spacial score (nSPS) is 15.5. The molecule has 3 rings (SSSR count). The summed E-state index contributed by atoms with van der Waals surface area (Å²) < 4.78 is 10.7. The highest BCUT2D eigenvalue weighted by atomic mass is 16.5. The molecule has 0 bridgehead atoms. The molecule has 5 nitrogen and oxygen atoms in total. The maximum Gasteiger partial charge on any atom is 0.258 e. The van der Waals surface area contributed by atoms with Crippen molar-refractivity contribution >= 4 is 5.91 Å². The van der Waals surface area contributed by atoms with Crippen LogP contribution in [0.2, 0.25) is 0 Å². The van der Waals surface area contributed by atoms with Crippen molar-refractivity contribution in [1.29, 1.82) is 0 Å². The van der Waals surface area contributed by atoms with Crippen molar-refractivity contribution in [2.75, 3.05) is 33.4 Å². The molecule has 1 unspecified atom stereocenters. The SMILES string of the molecule is CCc1ccc(C(CNC(=O)COc2ccc(OC)cc2)N2CCCCC2)cc1. The number of hydrogen-bond acceptors (Lipinski definition) is 4. The van der Waals surface area contributed by atoms with Gasteiger partial charge in [0.25, 0.3) is 5.91 Å². The molecule has 1 amide bonds. The van der Waals surface area contributed by atoms with Crippen LogP contribution >= 0.6 is 0 Å². The number of carbonyl (C=O) groups is 1. The number of nitrogens with zero attached hydrogens (tertiary/aromatic N) is 1. The number of aryl methyl sites for hydroxylation is 1. The molecular formula is C24H32N2O3. The number of hydrogen-bond donors (Lipinski definition) is 1. The second kappa shape index (κ2) is 10.9. The van der Waals surface area contributed by atoms with Gasteiger partial charge in [-0.1, -0.05) is 37.6 Å². The molecule has 29 heavy (non-hydrogen) atoms. The summed E-state index contributed by atoms with van der Waals surface area (Å²) >= 11 is 0. The minimum atomic E-state index is -0.104. The number of benzene rings is 2. The Bertz CT molecular complexity index is 753. The average molecular weight is 397 g/mol. The first-order valence-corrected chi connectivity index (χ1v) is 10.6. The zero-order valence-electron chi connectivity index (χ0n) is 17.5. The van der Waals surface area contributed by atoms with Crippen LogP contribution < -0.4 is 14.8 Å². The van der Waals surface area contributed by atoms with E-state index in [1.807, 2.05) is 12.1 Å². The standard InChI is InChI=1S/C24H32N2O3/c1-3-19-7-9-20(10-8-19)23(26-15-5-4-6-16-26)17-25-24(27)18-29-22-13-11-21(28-2)12-14-22/h7-14,23H,3-6,15-18H2,1-2H3,(H,25,27). The fourth-order valence-electron chi connectivity index (χ4n) is 3.75. The van der Waals surface area contributed by atoms with Crippen LogP contribution in [0, 0.1) is 0 Å². The fourth-order valence-corrected chi connectivity index (χ4v) is 3.75. The molecule has 1 aliphatic heterocycles. The molecule has 2 aromatic carbocycles. The Hall–Kier alpha value is -2.53. The van der Waals surface area contributed by atoms with Crippen LogP contribution in [-0.2, 0) is 11.2 Å². The number of methoxy groups -OCH3 is 1. The van der Waals surface area contributed by atoms with Gasteiger partial charge >= 0.3 is 0 Å². The molecule has 0 spiro atoms. The van der Waals surface area contributed by atoms with Gasteiger partial charge in [0.2, 0.25) is 0 Å². The summed E-state index contributed by atoms with van der Waals surface area (Å²) in [6.45, 7) is 4.93. The third-order valence-corrected chi connectivity index (χ3v) is 5.53. The Morgan fingerprint density at radius 2 is 1.66 bits per heavy atom. The van der Waals surface area contributed by atoms with Gasteiger partial charge in [-0.05, 0) is 67.7 Å². The second-order valence-corrected chi connectivity index (χ2v) is 7.48. The molecule has 0 saturated carbocycles. The Morgan fingerprint density at radius 3 is 2.28 bits per heavy atom. The summed E-state index contributed by atoms with van der Waals surface area (Å²) in [5.41, 5.74) is 2.60. The van der Waals surface area contributed by atoms with E-state index < -0.39 is 0 Å². The van der Waals surface area contributed by atoms with Crippen molar-refractivity contribution in [2.45, 2.75) is 38.6 Å². The quantitative estimate of drug-likeness (QED) is 0.697. The smallest absolute Gasteiger partial charge is 0.258 e. The molecule has 5 heteroatoms. The van der Waals surface area contributed by atoms with E-state index in [1.165, 1.54) is 30.4 Å². The van der Waals surface area contributed by atoms with Crippen LogP contribution in [-0.4, -0.2) is 44.2 Å². The third kappa shape index (κ3) is 6.23. The van der Waals surface area contributed by atoms with Crippen molar-refractivity contribution in [3.63, 3.8) is 0 Å². The zero-order chi connectivity index (χ0) is 20.5. The van der Waals surface area contributed by atoms with Crippen molar-refractivity contribution in [1.82, 2.24) is 10.2 Å². The van der Waals surface area contributed by atoms with E-state index >= 15 is 0 Å². The molecule has 1 heterocycles. The first kappa shape index (κ1) is 21.2. The van der Waals surface area contributed by atoms with Gasteiger partial charge in [-0.2, -0.15) is 0 Å². The molecule has 2 aromatic rings. The van der Waals surface area contributed by atoms with Crippen molar-refractivity contribution < 1.29 is 14.3 Å². The van der Waals surface area contributed by atoms with Crippen LogP contribution in [0.3, 0.4) is 0 Å². The third-order valence-electron chi connectivity index (χ3n) is 5.53. The summed E-state index contributed by atoms with van der Waals surface area (Å²) in [5, 5.41) is 3.07. The van der Waals surface area contributed by atoms with Crippen LogP contribution in [0.1, 0.15) is 43.4 Å². The van der Waals surface area contributed by atoms with Gasteiger partial charge in [-0.3, -0.25) is 9.69 Å². The van der Waals surface area contributed by atoms with E-state index in [2.05, 4.69) is 41.4 Å². The lowest BCUT2D eigenvalue weighted by atomic mass is 10.00. The predicted octanol–water partition coefficient (Wildman–Crippen LogP) is 3.98. The lowest BCUT2D eigenvalue weighted by Gasteiger charge is -2.35. The van der Waals surface area contributed by atoms with Gasteiger partial charge in [0, 0.05) is 6.54 Å². The fraction of sp³-hybridized carbons (Fsp3) is 0.458. The van der Waals surface area contributed by atoms with Gasteiger partial charge < -0.3 is 14.8 Å². The molecule has 1 saturated heterocycles. The first-order chi connectivity index (χ1) is 14.2. The van der Waals surface area contributed by atoms with Gasteiger partial charge in [-0.25, -0.2) is 0 Å². The summed E-state index contributed by atoms with van der Waals surface area (Å²) in [6.07, 6.45) is 4.77. The molecule has 0 radical (unpaired) electrons. The summed E-state index contributed by atoms with van der Waals surface area (Å²) in [5.74, 6) is 1.32. The molecular weight excluding hydrogens is 364 g/mol. The van der Waals surface area contributed by atoms with E-state index in [9.17, 15) is 4.79 Å². The number of amides is 1. The van der Waals surface area contributed by atoms with Crippen LogP contribution in [0.15, 0.2) is 48.5 Å². The van der Waals surface area contributed by atoms with E-state index in [4.69, 9.17) is 9.47 Å². The van der Waals surface area contributed by atoms with Crippen molar-refractivity contribution in [3.05, 3.63) is 59.7 Å². The summed E-state index contributed by atoms with van der Waals surface area (Å²) in [4.78, 5) is 14.9. The van der Waals surface area contributed by atoms with Crippen LogP contribution in [0.4, 0.5) is 0 Å². The number of rotatable bonds is 9. The lowest BCUT2D eigenvalue weighted by Crippen LogP contribution is -2.41. The van der Waals surface area contributed by atoms with E-state index in [1.54, 1.807) is 19.2 Å². The Balaban J connectivity index is 1.56. The Morgan fingerprint density at radius 1 is 1.00 bits per heavy atom. The molecule has 0 aliphatic carbocycles. The van der Waals surface area contributed by atoms with Gasteiger partial charge in [0.1, 0.15) is 11.5 Å². The number of carbonyl (C=O) groups excluding carboxylic acids is 1. The summed E-state index contributed by atoms with van der Waals surface area (Å²) in [6, 6.07) is 16.2. The van der Waals surface area contributed by atoms with E-state index in [0.717, 1.165) is 25.3 Å². The van der Waals surface area contributed by atoms with Gasteiger partial charge in [0.15, 0.2) is 6.61 Å². The maximum absolute atomic E-state index is 12.4. The highest BCUT2D eigenvalue weighted by Gasteiger charge is 2.23. The topological polar surface area (TPSA) is 50.8 Å². The number of ether oxygens (including phenoxy) is 2.